The van der Waals surface area contributed by atoms with Gasteiger partial charge in [-0.1, -0.05) is 0 Å². The molecule has 0 atom stereocenters. The molecule has 118 valence electrons. The van der Waals surface area contributed by atoms with Gasteiger partial charge in [0, 0.05) is 24.2 Å². The predicted molar refractivity (Wildman–Crippen MR) is 86.2 cm³/mol. The Labute approximate surface area is 133 Å². The summed E-state index contributed by atoms with van der Waals surface area (Å²) in [6.45, 7) is 1.77. The van der Waals surface area contributed by atoms with Crippen LogP contribution in [0.3, 0.4) is 0 Å². The van der Waals surface area contributed by atoms with E-state index in [1.54, 1.807) is 57.5 Å². The van der Waals surface area contributed by atoms with Gasteiger partial charge in [0.2, 0.25) is 0 Å². The van der Waals surface area contributed by atoms with E-state index in [-0.39, 0.29) is 5.91 Å². The highest BCUT2D eigenvalue weighted by atomic mass is 16.5. The van der Waals surface area contributed by atoms with Gasteiger partial charge in [-0.25, -0.2) is 4.98 Å². The van der Waals surface area contributed by atoms with Crippen LogP contribution in [-0.2, 0) is 0 Å². The number of oxazole rings is 1. The SMILES string of the molecule is COc1ccc(NC(=O)c2ccc3oc(C)nc3c2)cc1OC. The number of aromatic nitrogens is 1. The van der Waals surface area contributed by atoms with Crippen LogP contribution in [0.1, 0.15) is 16.2 Å². The monoisotopic (exact) mass is 312 g/mol. The lowest BCUT2D eigenvalue weighted by molar-refractivity contribution is 0.102. The van der Waals surface area contributed by atoms with Gasteiger partial charge in [0.25, 0.3) is 5.91 Å². The Morgan fingerprint density at radius 2 is 1.87 bits per heavy atom. The quantitative estimate of drug-likeness (QED) is 0.799. The highest BCUT2D eigenvalue weighted by molar-refractivity contribution is 6.05. The Hall–Kier alpha value is -3.02. The van der Waals surface area contributed by atoms with Gasteiger partial charge in [0.1, 0.15) is 5.52 Å². The number of nitrogens with one attached hydrogen (secondary N) is 1. The Kier molecular flexibility index (Phi) is 3.89. The second kappa shape index (κ2) is 6.00. The summed E-state index contributed by atoms with van der Waals surface area (Å²) in [5.74, 6) is 1.48. The number of nitrogens with zero attached hydrogens (tertiary/aromatic N) is 1. The number of ether oxygens (including phenoxy) is 2. The van der Waals surface area contributed by atoms with Crippen LogP contribution in [0.2, 0.25) is 0 Å². The van der Waals surface area contributed by atoms with Crippen LogP contribution in [0.25, 0.3) is 11.1 Å². The van der Waals surface area contributed by atoms with Crippen molar-refractivity contribution in [3.63, 3.8) is 0 Å². The topological polar surface area (TPSA) is 73.6 Å². The molecule has 0 radical (unpaired) electrons. The standard InChI is InChI=1S/C17H16N2O4/c1-10-18-13-8-11(4-6-14(13)23-10)17(20)19-12-5-7-15(21-2)16(9-12)22-3/h4-9H,1-3H3,(H,19,20). The lowest BCUT2D eigenvalue weighted by Crippen LogP contribution is -2.11. The third-order valence-electron chi connectivity index (χ3n) is 3.40. The summed E-state index contributed by atoms with van der Waals surface area (Å²) < 4.78 is 15.8. The van der Waals surface area contributed by atoms with E-state index in [1.807, 2.05) is 0 Å². The fourth-order valence-corrected chi connectivity index (χ4v) is 2.30. The first-order chi connectivity index (χ1) is 11.1. The van der Waals surface area contributed by atoms with Gasteiger partial charge < -0.3 is 19.2 Å². The second-order valence-corrected chi connectivity index (χ2v) is 4.94. The fraction of sp³-hybridized carbons (Fsp3) is 0.176. The second-order valence-electron chi connectivity index (χ2n) is 4.94. The number of carbonyl (C=O) groups excluding carboxylic acids is 1. The molecule has 0 aliphatic carbocycles. The fourth-order valence-electron chi connectivity index (χ4n) is 2.30. The summed E-state index contributed by atoms with van der Waals surface area (Å²) in [5, 5.41) is 2.82. The van der Waals surface area contributed by atoms with Crippen LogP contribution in [0.4, 0.5) is 5.69 Å². The van der Waals surface area contributed by atoms with Gasteiger partial charge in [-0.2, -0.15) is 0 Å². The first-order valence-corrected chi connectivity index (χ1v) is 7.01. The van der Waals surface area contributed by atoms with Gasteiger partial charge in [-0.3, -0.25) is 4.79 Å². The Morgan fingerprint density at radius 3 is 2.61 bits per heavy atom. The number of hydrogen-bond donors (Lipinski definition) is 1. The van der Waals surface area contributed by atoms with Crippen molar-refractivity contribution in [1.29, 1.82) is 0 Å². The molecule has 0 spiro atoms. The van der Waals surface area contributed by atoms with Crippen molar-refractivity contribution in [2.75, 3.05) is 19.5 Å². The summed E-state index contributed by atoms with van der Waals surface area (Å²) >= 11 is 0. The van der Waals surface area contributed by atoms with Crippen LogP contribution < -0.4 is 14.8 Å². The van der Waals surface area contributed by atoms with Crippen LogP contribution in [-0.4, -0.2) is 25.1 Å². The third-order valence-corrected chi connectivity index (χ3v) is 3.40. The molecule has 2 aromatic carbocycles. The highest BCUT2D eigenvalue weighted by Gasteiger charge is 2.11. The van der Waals surface area contributed by atoms with E-state index >= 15 is 0 Å². The molecule has 1 N–H and O–H groups in total. The van der Waals surface area contributed by atoms with Crippen LogP contribution in [0.5, 0.6) is 11.5 Å². The average molecular weight is 312 g/mol. The molecule has 0 saturated heterocycles. The molecular formula is C17H16N2O4. The third kappa shape index (κ3) is 2.96. The number of methoxy groups -OCH3 is 2. The molecule has 0 aliphatic heterocycles. The van der Waals surface area contributed by atoms with Crippen molar-refractivity contribution in [3.8, 4) is 11.5 Å². The molecule has 1 amide bonds. The summed E-state index contributed by atoms with van der Waals surface area (Å²) in [7, 11) is 3.11. The van der Waals surface area contributed by atoms with Gasteiger partial charge in [-0.15, -0.1) is 0 Å². The summed E-state index contributed by atoms with van der Waals surface area (Å²) in [6, 6.07) is 10.3. The largest absolute Gasteiger partial charge is 0.493 e. The zero-order valence-electron chi connectivity index (χ0n) is 13.0. The number of benzene rings is 2. The lowest BCUT2D eigenvalue weighted by atomic mass is 10.2. The molecule has 6 nitrogen and oxygen atoms in total. The first kappa shape index (κ1) is 14.9. The van der Waals surface area contributed by atoms with E-state index in [0.29, 0.717) is 39.7 Å². The first-order valence-electron chi connectivity index (χ1n) is 7.01. The van der Waals surface area contributed by atoms with Gasteiger partial charge >= 0.3 is 0 Å². The summed E-state index contributed by atoms with van der Waals surface area (Å²) in [5.41, 5.74) is 2.43. The summed E-state index contributed by atoms with van der Waals surface area (Å²) in [4.78, 5) is 16.6. The molecule has 1 heterocycles. The number of carbonyl (C=O) groups is 1. The van der Waals surface area contributed by atoms with E-state index in [1.165, 1.54) is 0 Å². The number of rotatable bonds is 4. The Balaban J connectivity index is 1.85. The molecule has 0 fully saturated rings. The number of anilines is 1. The van der Waals surface area contributed by atoms with Gasteiger partial charge in [0.15, 0.2) is 23.0 Å². The molecule has 0 unspecified atom stereocenters. The number of aryl methyl sites for hydroxylation is 1. The molecule has 1 aromatic heterocycles. The predicted octanol–water partition coefficient (Wildman–Crippen LogP) is 3.41. The van der Waals surface area contributed by atoms with Crippen molar-refractivity contribution >= 4 is 22.7 Å². The zero-order chi connectivity index (χ0) is 16.4. The number of hydrogen-bond acceptors (Lipinski definition) is 5. The van der Waals surface area contributed by atoms with E-state index in [4.69, 9.17) is 13.9 Å². The number of amides is 1. The van der Waals surface area contributed by atoms with E-state index in [0.717, 1.165) is 0 Å². The average Bonchev–Trinajstić information content (AvgIpc) is 2.93. The molecule has 0 bridgehead atoms. The molecule has 0 aliphatic rings. The van der Waals surface area contributed by atoms with Crippen molar-refractivity contribution in [2.24, 2.45) is 0 Å². The van der Waals surface area contributed by atoms with Crippen LogP contribution in [0, 0.1) is 6.92 Å². The van der Waals surface area contributed by atoms with Crippen LogP contribution >= 0.6 is 0 Å². The number of fused-ring (bicyclic) bond motifs is 1. The molecule has 23 heavy (non-hydrogen) atoms. The zero-order valence-corrected chi connectivity index (χ0v) is 13.0. The maximum absolute atomic E-state index is 12.4. The van der Waals surface area contributed by atoms with Crippen LogP contribution in [0.15, 0.2) is 40.8 Å². The van der Waals surface area contributed by atoms with E-state index < -0.39 is 0 Å². The maximum atomic E-state index is 12.4. The Morgan fingerprint density at radius 1 is 1.09 bits per heavy atom. The van der Waals surface area contributed by atoms with Crippen molar-refractivity contribution in [2.45, 2.75) is 6.92 Å². The van der Waals surface area contributed by atoms with Crippen molar-refractivity contribution in [1.82, 2.24) is 4.98 Å². The highest BCUT2D eigenvalue weighted by Crippen LogP contribution is 2.30. The van der Waals surface area contributed by atoms with E-state index in [9.17, 15) is 4.79 Å². The normalized spacial score (nSPS) is 10.6. The molecule has 0 saturated carbocycles. The Bertz CT molecular complexity index is 870. The minimum Gasteiger partial charge on any atom is -0.493 e. The smallest absolute Gasteiger partial charge is 0.255 e. The van der Waals surface area contributed by atoms with Gasteiger partial charge in [-0.05, 0) is 30.3 Å². The minimum absolute atomic E-state index is 0.236. The minimum atomic E-state index is -0.236. The lowest BCUT2D eigenvalue weighted by Gasteiger charge is -2.10. The van der Waals surface area contributed by atoms with Crippen molar-refractivity contribution in [3.05, 3.63) is 47.9 Å². The molecule has 6 heteroatoms. The summed E-state index contributed by atoms with van der Waals surface area (Å²) in [6.07, 6.45) is 0. The van der Waals surface area contributed by atoms with Crippen molar-refractivity contribution < 1.29 is 18.7 Å². The molecule has 3 aromatic rings. The maximum Gasteiger partial charge on any atom is 0.255 e. The van der Waals surface area contributed by atoms with E-state index in [2.05, 4.69) is 10.3 Å². The molecular weight excluding hydrogens is 296 g/mol. The molecule has 3 rings (SSSR count). The van der Waals surface area contributed by atoms with Gasteiger partial charge in [0.05, 0.1) is 14.2 Å².